The molecule has 0 aliphatic carbocycles. The number of aryl methyl sites for hydroxylation is 4. The topological polar surface area (TPSA) is 55.6 Å². The van der Waals surface area contributed by atoms with E-state index in [4.69, 9.17) is 4.74 Å². The summed E-state index contributed by atoms with van der Waals surface area (Å²) >= 11 is 3.45. The highest BCUT2D eigenvalue weighted by Gasteiger charge is 2.09. The van der Waals surface area contributed by atoms with Crippen molar-refractivity contribution in [1.82, 2.24) is 9.99 Å². The quantitative estimate of drug-likeness (QED) is 0.211. The zero-order valence-corrected chi connectivity index (χ0v) is 21.9. The van der Waals surface area contributed by atoms with Gasteiger partial charge in [0.1, 0.15) is 12.4 Å². The van der Waals surface area contributed by atoms with Crippen molar-refractivity contribution in [3.63, 3.8) is 0 Å². The number of carbonyl (C=O) groups excluding carboxylic acids is 1. The van der Waals surface area contributed by atoms with E-state index in [0.717, 1.165) is 49.6 Å². The van der Waals surface area contributed by atoms with Crippen LogP contribution in [0.5, 0.6) is 5.75 Å². The number of carbonyl (C=O) groups is 1. The average Bonchev–Trinajstić information content (AvgIpc) is 3.17. The van der Waals surface area contributed by atoms with Crippen LogP contribution in [0.25, 0.3) is 5.69 Å². The molecule has 6 heteroatoms. The Labute approximate surface area is 214 Å². The monoisotopic (exact) mass is 529 g/mol. The van der Waals surface area contributed by atoms with Crippen LogP contribution in [0.1, 0.15) is 44.0 Å². The van der Waals surface area contributed by atoms with Gasteiger partial charge >= 0.3 is 0 Å². The van der Waals surface area contributed by atoms with E-state index in [0.29, 0.717) is 12.2 Å². The molecule has 0 saturated carbocycles. The minimum Gasteiger partial charge on any atom is -0.488 e. The maximum Gasteiger partial charge on any atom is 0.271 e. The normalized spacial score (nSPS) is 11.1. The van der Waals surface area contributed by atoms with Crippen molar-refractivity contribution < 1.29 is 9.53 Å². The first-order valence-electron chi connectivity index (χ1n) is 11.4. The Morgan fingerprint density at radius 1 is 0.914 bits per heavy atom. The maximum atomic E-state index is 12.5. The molecule has 0 unspecified atom stereocenters. The molecule has 4 rings (SSSR count). The van der Waals surface area contributed by atoms with Crippen LogP contribution in [-0.2, 0) is 6.61 Å². The van der Waals surface area contributed by atoms with Crippen LogP contribution in [0.15, 0.2) is 82.4 Å². The fraction of sp³-hybridized carbons (Fsp3) is 0.172. The number of amides is 1. The SMILES string of the molecule is Cc1cc(/C=N\NC(=O)c2ccc(-n3c(C)ccc3C)cc2)cc(C)c1OCc1ccc(Br)cc1. The second-order valence-electron chi connectivity index (χ2n) is 8.60. The van der Waals surface area contributed by atoms with Crippen LogP contribution in [0.3, 0.4) is 0 Å². The second-order valence-corrected chi connectivity index (χ2v) is 9.51. The average molecular weight is 530 g/mol. The molecule has 0 bridgehead atoms. The number of nitrogens with zero attached hydrogens (tertiary/aromatic N) is 2. The summed E-state index contributed by atoms with van der Waals surface area (Å²) in [5.41, 5.74) is 10.5. The summed E-state index contributed by atoms with van der Waals surface area (Å²) in [7, 11) is 0. The summed E-state index contributed by atoms with van der Waals surface area (Å²) in [6.45, 7) is 8.64. The molecule has 0 radical (unpaired) electrons. The van der Waals surface area contributed by atoms with E-state index in [2.05, 4.69) is 57.0 Å². The molecule has 5 nitrogen and oxygen atoms in total. The highest BCUT2D eigenvalue weighted by molar-refractivity contribution is 9.10. The van der Waals surface area contributed by atoms with Crippen molar-refractivity contribution >= 4 is 28.1 Å². The standard InChI is InChI=1S/C29H28BrN3O2/c1-19-15-24(16-20(2)28(19)35-18-23-7-11-26(30)12-8-23)17-31-32-29(34)25-9-13-27(14-10-25)33-21(3)5-6-22(33)4/h5-17H,18H2,1-4H3,(H,32,34)/b31-17-. The van der Waals surface area contributed by atoms with Gasteiger partial charge in [-0.3, -0.25) is 4.79 Å². The molecule has 35 heavy (non-hydrogen) atoms. The minimum absolute atomic E-state index is 0.253. The van der Waals surface area contributed by atoms with Crippen molar-refractivity contribution in [2.75, 3.05) is 0 Å². The van der Waals surface area contributed by atoms with Crippen molar-refractivity contribution in [2.45, 2.75) is 34.3 Å². The number of benzene rings is 3. The third-order valence-electron chi connectivity index (χ3n) is 5.82. The fourth-order valence-electron chi connectivity index (χ4n) is 4.09. The second kappa shape index (κ2) is 10.7. The molecule has 0 aliphatic rings. The first-order chi connectivity index (χ1) is 16.8. The predicted octanol–water partition coefficient (Wildman–Crippen LogP) is 6.82. The van der Waals surface area contributed by atoms with Crippen molar-refractivity contribution in [1.29, 1.82) is 0 Å². The van der Waals surface area contributed by atoms with Crippen LogP contribution < -0.4 is 10.2 Å². The number of hydrazone groups is 1. The molecule has 1 heterocycles. The summed E-state index contributed by atoms with van der Waals surface area (Å²) in [6, 6.07) is 23.7. The summed E-state index contributed by atoms with van der Waals surface area (Å²) in [5, 5.41) is 4.16. The fourth-order valence-corrected chi connectivity index (χ4v) is 4.35. The zero-order chi connectivity index (χ0) is 24.9. The van der Waals surface area contributed by atoms with Gasteiger partial charge < -0.3 is 9.30 Å². The molecule has 0 fully saturated rings. The van der Waals surface area contributed by atoms with Crippen LogP contribution in [0.2, 0.25) is 0 Å². The Hall–Kier alpha value is -3.64. The van der Waals surface area contributed by atoms with Crippen LogP contribution in [0.4, 0.5) is 0 Å². The summed E-state index contributed by atoms with van der Waals surface area (Å²) in [6.07, 6.45) is 1.65. The van der Waals surface area contributed by atoms with Gasteiger partial charge in [0.05, 0.1) is 6.21 Å². The van der Waals surface area contributed by atoms with Gasteiger partial charge in [-0.1, -0.05) is 28.1 Å². The Morgan fingerprint density at radius 3 is 2.11 bits per heavy atom. The maximum absolute atomic E-state index is 12.5. The molecular formula is C29H28BrN3O2. The number of hydrogen-bond donors (Lipinski definition) is 1. The Morgan fingerprint density at radius 2 is 1.51 bits per heavy atom. The van der Waals surface area contributed by atoms with Gasteiger partial charge in [-0.15, -0.1) is 0 Å². The molecule has 178 valence electrons. The van der Waals surface area contributed by atoms with Crippen molar-refractivity contribution in [3.05, 3.63) is 116 Å². The molecule has 1 aromatic heterocycles. The molecular weight excluding hydrogens is 502 g/mol. The molecule has 3 aromatic carbocycles. The van der Waals surface area contributed by atoms with Gasteiger partial charge in [0, 0.05) is 27.1 Å². The summed E-state index contributed by atoms with van der Waals surface area (Å²) < 4.78 is 9.26. The van der Waals surface area contributed by atoms with E-state index < -0.39 is 0 Å². The molecule has 0 aliphatic heterocycles. The minimum atomic E-state index is -0.253. The Kier molecular flexibility index (Phi) is 7.51. The Bertz CT molecular complexity index is 1330. The van der Waals surface area contributed by atoms with Gasteiger partial charge in [-0.2, -0.15) is 5.10 Å². The lowest BCUT2D eigenvalue weighted by molar-refractivity contribution is 0.0955. The molecule has 0 saturated heterocycles. The van der Waals surface area contributed by atoms with E-state index in [9.17, 15) is 4.79 Å². The molecule has 1 amide bonds. The number of aromatic nitrogens is 1. The lowest BCUT2D eigenvalue weighted by atomic mass is 10.1. The van der Waals surface area contributed by atoms with Crippen LogP contribution >= 0.6 is 15.9 Å². The van der Waals surface area contributed by atoms with Crippen molar-refractivity contribution in [2.24, 2.45) is 5.10 Å². The number of hydrogen-bond acceptors (Lipinski definition) is 3. The van der Waals surface area contributed by atoms with Crippen LogP contribution in [-0.4, -0.2) is 16.7 Å². The predicted molar refractivity (Wildman–Crippen MR) is 145 cm³/mol. The number of nitrogens with one attached hydrogen (secondary N) is 1. The molecule has 1 N–H and O–H groups in total. The number of rotatable bonds is 7. The first-order valence-corrected chi connectivity index (χ1v) is 12.2. The zero-order valence-electron chi connectivity index (χ0n) is 20.3. The van der Waals surface area contributed by atoms with Gasteiger partial charge in [-0.05, 0) is 111 Å². The lowest BCUT2D eigenvalue weighted by Gasteiger charge is -2.13. The Balaban J connectivity index is 1.38. The van der Waals surface area contributed by atoms with E-state index in [1.807, 2.05) is 74.5 Å². The number of ether oxygens (including phenoxy) is 1. The third kappa shape index (κ3) is 5.89. The highest BCUT2D eigenvalue weighted by atomic mass is 79.9. The van der Waals surface area contributed by atoms with Gasteiger partial charge in [0.25, 0.3) is 5.91 Å². The van der Waals surface area contributed by atoms with Gasteiger partial charge in [-0.25, -0.2) is 5.43 Å². The van der Waals surface area contributed by atoms with Gasteiger partial charge in [0.2, 0.25) is 0 Å². The molecule has 0 atom stereocenters. The molecule has 4 aromatic rings. The van der Waals surface area contributed by atoms with E-state index in [1.165, 1.54) is 0 Å². The lowest BCUT2D eigenvalue weighted by Crippen LogP contribution is -2.17. The smallest absolute Gasteiger partial charge is 0.271 e. The highest BCUT2D eigenvalue weighted by Crippen LogP contribution is 2.25. The van der Waals surface area contributed by atoms with Crippen LogP contribution in [0, 0.1) is 27.7 Å². The largest absolute Gasteiger partial charge is 0.488 e. The number of halogens is 1. The first kappa shape index (κ1) is 24.5. The van der Waals surface area contributed by atoms with E-state index >= 15 is 0 Å². The summed E-state index contributed by atoms with van der Waals surface area (Å²) in [5.74, 6) is 0.610. The van der Waals surface area contributed by atoms with E-state index in [1.54, 1.807) is 6.21 Å². The molecule has 0 spiro atoms. The third-order valence-corrected chi connectivity index (χ3v) is 6.35. The summed E-state index contributed by atoms with van der Waals surface area (Å²) in [4.78, 5) is 12.5. The van der Waals surface area contributed by atoms with Crippen molar-refractivity contribution in [3.8, 4) is 11.4 Å². The van der Waals surface area contributed by atoms with E-state index in [-0.39, 0.29) is 5.91 Å². The van der Waals surface area contributed by atoms with Gasteiger partial charge in [0.15, 0.2) is 0 Å².